The summed E-state index contributed by atoms with van der Waals surface area (Å²) in [6.45, 7) is 0.153. The Hall–Kier alpha value is -2.83. The molecule has 7 heteroatoms. The van der Waals surface area contributed by atoms with E-state index in [1.54, 1.807) is 0 Å². The predicted octanol–water partition coefficient (Wildman–Crippen LogP) is 3.33. The van der Waals surface area contributed by atoms with E-state index >= 15 is 0 Å². The molecule has 0 aliphatic heterocycles. The Morgan fingerprint density at radius 3 is 2.17 bits per heavy atom. The maximum absolute atomic E-state index is 12.0. The topological polar surface area (TPSA) is 55.4 Å². The lowest BCUT2D eigenvalue weighted by Gasteiger charge is -2.10. The molecule has 2 rings (SSSR count). The summed E-state index contributed by atoms with van der Waals surface area (Å²) in [6, 6.07) is 11.3. The van der Waals surface area contributed by atoms with Crippen LogP contribution < -0.4 is 10.1 Å². The summed E-state index contributed by atoms with van der Waals surface area (Å²) in [6.07, 6.45) is -4.06. The third-order valence-electron chi connectivity index (χ3n) is 2.92. The zero-order valence-electron chi connectivity index (χ0n) is 11.8. The van der Waals surface area contributed by atoms with Gasteiger partial charge in [-0.15, -0.1) is 13.2 Å². The van der Waals surface area contributed by atoms with Crippen molar-refractivity contribution in [3.8, 4) is 5.75 Å². The van der Waals surface area contributed by atoms with E-state index in [1.165, 1.54) is 48.5 Å². The average molecular weight is 323 g/mol. The van der Waals surface area contributed by atoms with E-state index < -0.39 is 6.36 Å². The summed E-state index contributed by atoms with van der Waals surface area (Å²) in [7, 11) is 0. The van der Waals surface area contributed by atoms with Gasteiger partial charge in [0.15, 0.2) is 0 Å². The smallest absolute Gasteiger partial charge is 0.406 e. The van der Waals surface area contributed by atoms with Gasteiger partial charge in [0.05, 0.1) is 0 Å². The van der Waals surface area contributed by atoms with Gasteiger partial charge in [-0.25, -0.2) is 0 Å². The molecule has 0 spiro atoms. The molecule has 1 amide bonds. The average Bonchev–Trinajstić information content (AvgIpc) is 2.52. The van der Waals surface area contributed by atoms with Crippen molar-refractivity contribution in [3.05, 3.63) is 65.2 Å². The second-order valence-electron chi connectivity index (χ2n) is 4.61. The minimum atomic E-state index is -4.73. The largest absolute Gasteiger partial charge is 0.573 e. The summed E-state index contributed by atoms with van der Waals surface area (Å²) < 4.78 is 39.9. The van der Waals surface area contributed by atoms with Gasteiger partial charge in [-0.1, -0.05) is 24.3 Å². The van der Waals surface area contributed by atoms with E-state index in [0.29, 0.717) is 23.0 Å². The van der Waals surface area contributed by atoms with Crippen LogP contribution in [0.2, 0.25) is 0 Å². The second kappa shape index (κ2) is 6.95. The van der Waals surface area contributed by atoms with Crippen molar-refractivity contribution in [2.45, 2.75) is 12.9 Å². The maximum Gasteiger partial charge on any atom is 0.573 e. The van der Waals surface area contributed by atoms with Gasteiger partial charge in [-0.05, 0) is 29.8 Å². The number of carbonyl (C=O) groups is 2. The minimum absolute atomic E-state index is 0.153. The summed E-state index contributed by atoms with van der Waals surface area (Å²) in [5.41, 5.74) is 1.46. The number of halogens is 3. The van der Waals surface area contributed by atoms with Crippen molar-refractivity contribution in [2.75, 3.05) is 0 Å². The first-order valence-electron chi connectivity index (χ1n) is 6.55. The van der Waals surface area contributed by atoms with E-state index in [9.17, 15) is 22.8 Å². The van der Waals surface area contributed by atoms with Crippen molar-refractivity contribution in [2.24, 2.45) is 0 Å². The number of alkyl halides is 3. The highest BCUT2D eigenvalue weighted by Crippen LogP contribution is 2.22. The molecule has 0 unspecified atom stereocenters. The molecule has 0 atom stereocenters. The summed E-state index contributed by atoms with van der Waals surface area (Å²) in [5, 5.41) is 2.63. The highest BCUT2D eigenvalue weighted by atomic mass is 19.4. The van der Waals surface area contributed by atoms with Crippen molar-refractivity contribution in [1.82, 2.24) is 5.32 Å². The molecule has 0 fully saturated rings. The highest BCUT2D eigenvalue weighted by molar-refractivity contribution is 5.94. The molecule has 4 nitrogen and oxygen atoms in total. The molecule has 120 valence electrons. The number of amides is 1. The SMILES string of the molecule is O=Cc1ccc(C(=O)NCc2ccc(OC(F)(F)F)cc2)cc1. The van der Waals surface area contributed by atoms with Gasteiger partial charge < -0.3 is 10.1 Å². The van der Waals surface area contributed by atoms with Crippen LogP contribution in [-0.2, 0) is 6.54 Å². The zero-order valence-corrected chi connectivity index (χ0v) is 11.8. The molecule has 0 heterocycles. The number of rotatable bonds is 5. The molecule has 0 aromatic heterocycles. The molecule has 2 aromatic rings. The monoisotopic (exact) mass is 323 g/mol. The van der Waals surface area contributed by atoms with Gasteiger partial charge in [0.2, 0.25) is 0 Å². The molecule has 0 aliphatic carbocycles. The van der Waals surface area contributed by atoms with Crippen LogP contribution in [0, 0.1) is 0 Å². The molecule has 1 N–H and O–H groups in total. The Morgan fingerprint density at radius 2 is 1.65 bits per heavy atom. The molecular formula is C16H12F3NO3. The fourth-order valence-electron chi connectivity index (χ4n) is 1.81. The van der Waals surface area contributed by atoms with Crippen LogP contribution in [0.3, 0.4) is 0 Å². The Labute approximate surface area is 129 Å². The van der Waals surface area contributed by atoms with Gasteiger partial charge in [0, 0.05) is 17.7 Å². The molecular weight excluding hydrogens is 311 g/mol. The van der Waals surface area contributed by atoms with Gasteiger partial charge in [-0.2, -0.15) is 0 Å². The van der Waals surface area contributed by atoms with Crippen LogP contribution in [0.1, 0.15) is 26.3 Å². The summed E-state index contributed by atoms with van der Waals surface area (Å²) in [4.78, 5) is 22.4. The molecule has 0 aliphatic rings. The van der Waals surface area contributed by atoms with Gasteiger partial charge in [-0.3, -0.25) is 9.59 Å². The van der Waals surface area contributed by atoms with Crippen molar-refractivity contribution in [3.63, 3.8) is 0 Å². The standard InChI is InChI=1S/C16H12F3NO3/c17-16(18,19)23-14-7-3-11(4-8-14)9-20-15(22)13-5-1-12(10-21)2-6-13/h1-8,10H,9H2,(H,20,22). The van der Waals surface area contributed by atoms with E-state index in [4.69, 9.17) is 0 Å². The Balaban J connectivity index is 1.92. The molecule has 23 heavy (non-hydrogen) atoms. The van der Waals surface area contributed by atoms with E-state index in [-0.39, 0.29) is 18.2 Å². The summed E-state index contributed by atoms with van der Waals surface area (Å²) in [5.74, 6) is -0.671. The maximum atomic E-state index is 12.0. The number of ether oxygens (including phenoxy) is 1. The summed E-state index contributed by atoms with van der Waals surface area (Å²) >= 11 is 0. The number of hydrogen-bond acceptors (Lipinski definition) is 3. The normalized spacial score (nSPS) is 10.9. The number of nitrogens with one attached hydrogen (secondary N) is 1. The Bertz CT molecular complexity index is 679. The quantitative estimate of drug-likeness (QED) is 0.859. The third-order valence-corrected chi connectivity index (χ3v) is 2.92. The number of benzene rings is 2. The van der Waals surface area contributed by atoms with Gasteiger partial charge in [0.25, 0.3) is 5.91 Å². The predicted molar refractivity (Wildman–Crippen MR) is 76.1 cm³/mol. The van der Waals surface area contributed by atoms with E-state index in [0.717, 1.165) is 0 Å². The molecule has 2 aromatic carbocycles. The first-order valence-corrected chi connectivity index (χ1v) is 6.55. The fourth-order valence-corrected chi connectivity index (χ4v) is 1.81. The van der Waals surface area contributed by atoms with E-state index in [1.807, 2.05) is 0 Å². The fraction of sp³-hybridized carbons (Fsp3) is 0.125. The molecule has 0 radical (unpaired) electrons. The Morgan fingerprint density at radius 1 is 1.04 bits per heavy atom. The Kier molecular flexibility index (Phi) is 5.00. The molecule has 0 saturated heterocycles. The van der Waals surface area contributed by atoms with Crippen molar-refractivity contribution >= 4 is 12.2 Å². The van der Waals surface area contributed by atoms with Crippen LogP contribution in [0.15, 0.2) is 48.5 Å². The lowest BCUT2D eigenvalue weighted by atomic mass is 10.1. The van der Waals surface area contributed by atoms with Crippen LogP contribution in [0.25, 0.3) is 0 Å². The van der Waals surface area contributed by atoms with Crippen molar-refractivity contribution < 1.29 is 27.5 Å². The van der Waals surface area contributed by atoms with Crippen LogP contribution in [-0.4, -0.2) is 18.6 Å². The molecule has 0 bridgehead atoms. The van der Waals surface area contributed by atoms with Gasteiger partial charge in [0.1, 0.15) is 12.0 Å². The number of hydrogen-bond donors (Lipinski definition) is 1. The first kappa shape index (κ1) is 16.5. The van der Waals surface area contributed by atoms with Crippen LogP contribution >= 0.6 is 0 Å². The lowest BCUT2D eigenvalue weighted by Crippen LogP contribution is -2.22. The molecule has 0 saturated carbocycles. The first-order chi connectivity index (χ1) is 10.9. The van der Waals surface area contributed by atoms with Crippen LogP contribution in [0.4, 0.5) is 13.2 Å². The van der Waals surface area contributed by atoms with Crippen molar-refractivity contribution in [1.29, 1.82) is 0 Å². The van der Waals surface area contributed by atoms with Gasteiger partial charge >= 0.3 is 6.36 Å². The zero-order chi connectivity index (χ0) is 16.9. The van der Waals surface area contributed by atoms with Crippen LogP contribution in [0.5, 0.6) is 5.75 Å². The highest BCUT2D eigenvalue weighted by Gasteiger charge is 2.30. The minimum Gasteiger partial charge on any atom is -0.406 e. The number of carbonyl (C=O) groups excluding carboxylic acids is 2. The third kappa shape index (κ3) is 5.14. The second-order valence-corrected chi connectivity index (χ2v) is 4.61. The van der Waals surface area contributed by atoms with E-state index in [2.05, 4.69) is 10.1 Å². The lowest BCUT2D eigenvalue weighted by molar-refractivity contribution is -0.274. The number of aldehydes is 1.